The van der Waals surface area contributed by atoms with Crippen molar-refractivity contribution in [2.45, 2.75) is 26.9 Å². The van der Waals surface area contributed by atoms with Crippen molar-refractivity contribution in [3.63, 3.8) is 0 Å². The summed E-state index contributed by atoms with van der Waals surface area (Å²) in [6.45, 7) is 3.82. The Morgan fingerprint density at radius 3 is 2.80 bits per heavy atom. The summed E-state index contributed by atoms with van der Waals surface area (Å²) in [5, 5.41) is 20.2. The van der Waals surface area contributed by atoms with Crippen LogP contribution >= 0.6 is 23.1 Å². The second-order valence-corrected chi connectivity index (χ2v) is 9.67. The number of carbonyl (C=O) groups excluding carboxylic acids is 1. The van der Waals surface area contributed by atoms with Crippen LogP contribution in [0.25, 0.3) is 11.0 Å². The third-order valence-corrected chi connectivity index (χ3v) is 6.95. The number of hydrazone groups is 1. The summed E-state index contributed by atoms with van der Waals surface area (Å²) in [5.74, 6) is 0.344. The minimum Gasteiger partial charge on any atom is -0.493 e. The molecule has 0 atom stereocenters. The lowest BCUT2D eigenvalue weighted by Gasteiger charge is -2.20. The van der Waals surface area contributed by atoms with Gasteiger partial charge in [-0.1, -0.05) is 24.3 Å². The van der Waals surface area contributed by atoms with E-state index in [4.69, 9.17) is 14.9 Å². The molecule has 0 saturated carbocycles. The molecule has 0 saturated heterocycles. The third kappa shape index (κ3) is 4.35. The fraction of sp³-hybridized carbons (Fsp3) is 0.227. The van der Waals surface area contributed by atoms with Crippen LogP contribution in [-0.4, -0.2) is 48.7 Å². The number of thioether (sulfide) groups is 1. The van der Waals surface area contributed by atoms with Gasteiger partial charge in [0.15, 0.2) is 17.3 Å². The highest BCUT2D eigenvalue weighted by Gasteiger charge is 2.35. The number of nitrogens with zero attached hydrogens (tertiary/aromatic N) is 6. The smallest absolute Gasteiger partial charge is 0.283 e. The van der Waals surface area contributed by atoms with Gasteiger partial charge < -0.3 is 9.47 Å². The van der Waals surface area contributed by atoms with Gasteiger partial charge in [0.2, 0.25) is 10.1 Å². The molecule has 2 aromatic heterocycles. The van der Waals surface area contributed by atoms with Crippen molar-refractivity contribution >= 4 is 56.1 Å². The Bertz CT molecular complexity index is 1540. The Morgan fingerprint density at radius 2 is 2.03 bits per heavy atom. The lowest BCUT2D eigenvalue weighted by Crippen LogP contribution is -2.35. The number of nitrogens with one attached hydrogen (secondary N) is 1. The summed E-state index contributed by atoms with van der Waals surface area (Å²) >= 11 is 2.62. The first-order valence-electron chi connectivity index (χ1n) is 10.5. The van der Waals surface area contributed by atoms with Crippen LogP contribution in [-0.2, 0) is 11.4 Å². The second-order valence-electron chi connectivity index (χ2n) is 7.47. The molecule has 13 heteroatoms. The summed E-state index contributed by atoms with van der Waals surface area (Å²) < 4.78 is 12.6. The van der Waals surface area contributed by atoms with E-state index in [0.29, 0.717) is 39.3 Å². The highest BCUT2D eigenvalue weighted by molar-refractivity contribution is 8.26. The molecule has 11 nitrogen and oxygen atoms in total. The maximum absolute atomic E-state index is 12.6. The van der Waals surface area contributed by atoms with Gasteiger partial charge in [0.25, 0.3) is 11.5 Å². The number of methoxy groups -OCH3 is 1. The fourth-order valence-electron chi connectivity index (χ4n) is 3.41. The number of amides is 1. The van der Waals surface area contributed by atoms with Crippen molar-refractivity contribution in [3.8, 4) is 11.5 Å². The van der Waals surface area contributed by atoms with Crippen molar-refractivity contribution in [2.75, 3.05) is 7.11 Å². The minimum atomic E-state index is -0.494. The standard InChI is InChI=1S/C22H19N7O4S2/c1-4-17-27-29-19(23)14(20(31)25-22(29)35-17)7-12-5-6-15(16(8-12)32-3)33-10-13-9-18(30)28-21(24-13)34-11(2)26-28/h5-9,23H,4,10H2,1-3H3/b14-7+,23-19?. The monoisotopic (exact) mass is 509 g/mol. The summed E-state index contributed by atoms with van der Waals surface area (Å²) in [4.78, 5) is 33.8. The SMILES string of the molecule is CCC1=NN2C(=N)/C(=C\c3ccc(OCc4cc(=O)n5nc(C)sc5n4)c(OC)c3)C(=O)N=C2S1. The minimum absolute atomic E-state index is 0.0266. The van der Waals surface area contributed by atoms with Crippen LogP contribution in [0.4, 0.5) is 0 Å². The molecular weight excluding hydrogens is 490 g/mol. The summed E-state index contributed by atoms with van der Waals surface area (Å²) in [6, 6.07) is 6.51. The average molecular weight is 510 g/mol. The van der Waals surface area contributed by atoms with E-state index in [0.717, 1.165) is 10.1 Å². The molecule has 5 rings (SSSR count). The molecule has 2 aliphatic heterocycles. The number of fused-ring (bicyclic) bond motifs is 2. The molecule has 3 aromatic rings. The zero-order valence-corrected chi connectivity index (χ0v) is 20.6. The molecule has 1 N–H and O–H groups in total. The van der Waals surface area contributed by atoms with Gasteiger partial charge in [-0.3, -0.25) is 15.0 Å². The Kier molecular flexibility index (Phi) is 5.94. The van der Waals surface area contributed by atoms with Crippen molar-refractivity contribution in [3.05, 3.63) is 56.5 Å². The second kappa shape index (κ2) is 9.07. The topological polar surface area (TPSA) is 135 Å². The van der Waals surface area contributed by atoms with Crippen LogP contribution in [0.1, 0.15) is 29.6 Å². The van der Waals surface area contributed by atoms with Crippen molar-refractivity contribution < 1.29 is 14.3 Å². The summed E-state index contributed by atoms with van der Waals surface area (Å²) in [6.07, 6.45) is 2.27. The van der Waals surface area contributed by atoms with Crippen LogP contribution in [0.2, 0.25) is 0 Å². The summed E-state index contributed by atoms with van der Waals surface area (Å²) in [5.41, 5.74) is 0.954. The van der Waals surface area contributed by atoms with Crippen molar-refractivity contribution in [2.24, 2.45) is 10.1 Å². The maximum atomic E-state index is 12.6. The van der Waals surface area contributed by atoms with E-state index < -0.39 is 5.91 Å². The molecular formula is C22H19N7O4S2. The Hall–Kier alpha value is -3.84. The number of benzene rings is 1. The van der Waals surface area contributed by atoms with E-state index in [1.54, 1.807) is 24.3 Å². The van der Waals surface area contributed by atoms with E-state index in [1.165, 1.54) is 45.8 Å². The molecule has 0 aliphatic carbocycles. The first-order chi connectivity index (χ1) is 16.9. The van der Waals surface area contributed by atoms with Gasteiger partial charge in [-0.05, 0) is 48.9 Å². The molecule has 0 unspecified atom stereocenters. The number of amidine groups is 2. The predicted octanol–water partition coefficient (Wildman–Crippen LogP) is 3.08. The lowest BCUT2D eigenvalue weighted by atomic mass is 10.1. The van der Waals surface area contributed by atoms with E-state index in [1.807, 2.05) is 13.8 Å². The molecule has 1 amide bonds. The quantitative estimate of drug-likeness (QED) is 0.501. The predicted molar refractivity (Wildman–Crippen MR) is 134 cm³/mol. The van der Waals surface area contributed by atoms with Crippen molar-refractivity contribution in [1.82, 2.24) is 19.6 Å². The molecule has 2 aliphatic rings. The highest BCUT2D eigenvalue weighted by atomic mass is 32.2. The van der Waals surface area contributed by atoms with Gasteiger partial charge in [-0.15, -0.1) is 0 Å². The molecule has 0 radical (unpaired) electrons. The number of aromatic nitrogens is 3. The number of rotatable bonds is 6. The molecule has 1 aromatic carbocycles. The maximum Gasteiger partial charge on any atom is 0.283 e. The first-order valence-corrected chi connectivity index (χ1v) is 12.2. The molecule has 0 bridgehead atoms. The van der Waals surface area contributed by atoms with Gasteiger partial charge in [0.05, 0.1) is 18.4 Å². The number of carbonyl (C=O) groups is 1. The first kappa shape index (κ1) is 22.9. The van der Waals surface area contributed by atoms with Gasteiger partial charge in [0, 0.05) is 6.07 Å². The Labute approximate surface area is 207 Å². The molecule has 4 heterocycles. The third-order valence-electron chi connectivity index (χ3n) is 5.07. The Balaban J connectivity index is 1.37. The van der Waals surface area contributed by atoms with Crippen LogP contribution in [0.3, 0.4) is 0 Å². The van der Waals surface area contributed by atoms with Crippen molar-refractivity contribution in [1.29, 1.82) is 5.41 Å². The van der Waals surface area contributed by atoms with E-state index in [9.17, 15) is 9.59 Å². The number of aliphatic imine (C=N–C) groups is 1. The number of ether oxygens (including phenoxy) is 2. The van der Waals surface area contributed by atoms with Crippen LogP contribution < -0.4 is 15.0 Å². The normalized spacial score (nSPS) is 16.5. The van der Waals surface area contributed by atoms with E-state index >= 15 is 0 Å². The number of aryl methyl sites for hydroxylation is 1. The summed E-state index contributed by atoms with van der Waals surface area (Å²) in [7, 11) is 1.50. The molecule has 178 valence electrons. The van der Waals surface area contributed by atoms with E-state index in [2.05, 4.69) is 20.2 Å². The molecule has 0 fully saturated rings. The average Bonchev–Trinajstić information content (AvgIpc) is 3.43. The Morgan fingerprint density at radius 1 is 1.20 bits per heavy atom. The van der Waals surface area contributed by atoms with Gasteiger partial charge in [-0.2, -0.15) is 24.7 Å². The molecule has 35 heavy (non-hydrogen) atoms. The van der Waals surface area contributed by atoms with Crippen LogP contribution in [0, 0.1) is 12.3 Å². The van der Waals surface area contributed by atoms with Gasteiger partial charge >= 0.3 is 0 Å². The highest BCUT2D eigenvalue weighted by Crippen LogP contribution is 2.32. The van der Waals surface area contributed by atoms with Crippen LogP contribution in [0.5, 0.6) is 11.5 Å². The van der Waals surface area contributed by atoms with Gasteiger partial charge in [0.1, 0.15) is 16.7 Å². The zero-order chi connectivity index (χ0) is 24.7. The lowest BCUT2D eigenvalue weighted by molar-refractivity contribution is -0.114. The van der Waals surface area contributed by atoms with E-state index in [-0.39, 0.29) is 23.6 Å². The number of hydrogen-bond acceptors (Lipinski definition) is 10. The largest absolute Gasteiger partial charge is 0.493 e. The zero-order valence-electron chi connectivity index (χ0n) is 18.9. The molecule has 0 spiro atoms. The number of hydrogen-bond donors (Lipinski definition) is 1. The van der Waals surface area contributed by atoms with Crippen LogP contribution in [0.15, 0.2) is 44.7 Å². The van der Waals surface area contributed by atoms with Gasteiger partial charge in [-0.25, -0.2) is 4.98 Å². The fourth-order valence-corrected chi connectivity index (χ4v) is 5.00.